The number of nitrogens with zero attached hydrogens (tertiary/aromatic N) is 1. The van der Waals surface area contributed by atoms with Crippen molar-refractivity contribution in [1.29, 1.82) is 0 Å². The lowest BCUT2D eigenvalue weighted by molar-refractivity contribution is 0.0951. The van der Waals surface area contributed by atoms with Gasteiger partial charge in [0.2, 0.25) is 6.79 Å². The molecule has 6 heteroatoms. The predicted molar refractivity (Wildman–Crippen MR) is 98.4 cm³/mol. The van der Waals surface area contributed by atoms with E-state index in [1.165, 1.54) is 0 Å². The molecule has 3 aromatic rings. The van der Waals surface area contributed by atoms with Gasteiger partial charge in [0.25, 0.3) is 5.91 Å². The molecule has 0 unspecified atom stereocenters. The first-order valence-corrected chi connectivity index (χ1v) is 8.46. The summed E-state index contributed by atoms with van der Waals surface area (Å²) >= 11 is 6.16. The molecule has 0 aliphatic carbocycles. The van der Waals surface area contributed by atoms with E-state index in [2.05, 4.69) is 10.3 Å². The summed E-state index contributed by atoms with van der Waals surface area (Å²) in [5, 5.41) is 3.48. The molecule has 4 rings (SSSR count). The Morgan fingerprint density at radius 1 is 1.08 bits per heavy atom. The van der Waals surface area contributed by atoms with Crippen molar-refractivity contribution in [3.8, 4) is 22.8 Å². The summed E-state index contributed by atoms with van der Waals surface area (Å²) in [5.74, 6) is 1.28. The Balaban J connectivity index is 1.43. The molecule has 2 aromatic carbocycles. The number of fused-ring (bicyclic) bond motifs is 1. The van der Waals surface area contributed by atoms with Gasteiger partial charge in [-0.15, -0.1) is 0 Å². The van der Waals surface area contributed by atoms with Crippen LogP contribution in [0.5, 0.6) is 11.5 Å². The van der Waals surface area contributed by atoms with Crippen LogP contribution in [-0.4, -0.2) is 17.7 Å². The number of amides is 1. The summed E-state index contributed by atoms with van der Waals surface area (Å²) < 4.78 is 10.6. The van der Waals surface area contributed by atoms with Crippen LogP contribution in [0.25, 0.3) is 11.3 Å². The Labute approximate surface area is 155 Å². The monoisotopic (exact) mass is 366 g/mol. The van der Waals surface area contributed by atoms with Crippen molar-refractivity contribution in [2.24, 2.45) is 0 Å². The standard InChI is InChI=1S/C20H15ClN2O3/c21-16-2-1-9-22-19(16)14-4-6-15(7-5-14)20(24)23-11-13-3-8-17-18(10-13)26-12-25-17/h1-10H,11-12H2,(H,23,24). The number of hydrogen-bond donors (Lipinski definition) is 1. The van der Waals surface area contributed by atoms with Crippen molar-refractivity contribution in [3.63, 3.8) is 0 Å². The van der Waals surface area contributed by atoms with Crippen LogP contribution in [0.3, 0.4) is 0 Å². The van der Waals surface area contributed by atoms with Gasteiger partial charge in [-0.1, -0.05) is 29.8 Å². The zero-order valence-corrected chi connectivity index (χ0v) is 14.5. The van der Waals surface area contributed by atoms with E-state index in [1.807, 2.05) is 30.3 Å². The van der Waals surface area contributed by atoms with Gasteiger partial charge in [-0.05, 0) is 42.0 Å². The summed E-state index contributed by atoms with van der Waals surface area (Å²) in [6, 6.07) is 16.4. The maximum Gasteiger partial charge on any atom is 0.251 e. The molecule has 0 spiro atoms. The molecule has 26 heavy (non-hydrogen) atoms. The molecule has 1 N–H and O–H groups in total. The van der Waals surface area contributed by atoms with Crippen molar-refractivity contribution in [1.82, 2.24) is 10.3 Å². The first-order chi connectivity index (χ1) is 12.7. The second-order valence-electron chi connectivity index (χ2n) is 5.78. The van der Waals surface area contributed by atoms with Crippen LogP contribution >= 0.6 is 11.6 Å². The molecule has 1 aliphatic rings. The second kappa shape index (κ2) is 7.06. The highest BCUT2D eigenvalue weighted by Crippen LogP contribution is 2.32. The van der Waals surface area contributed by atoms with Gasteiger partial charge in [0.1, 0.15) is 0 Å². The maximum absolute atomic E-state index is 12.4. The molecule has 0 fully saturated rings. The first kappa shape index (κ1) is 16.4. The van der Waals surface area contributed by atoms with Crippen LogP contribution in [0.2, 0.25) is 5.02 Å². The number of nitrogens with one attached hydrogen (secondary N) is 1. The minimum Gasteiger partial charge on any atom is -0.454 e. The van der Waals surface area contributed by atoms with Gasteiger partial charge < -0.3 is 14.8 Å². The van der Waals surface area contributed by atoms with Crippen molar-refractivity contribution < 1.29 is 14.3 Å². The second-order valence-corrected chi connectivity index (χ2v) is 6.19. The average Bonchev–Trinajstić information content (AvgIpc) is 3.14. The van der Waals surface area contributed by atoms with E-state index in [4.69, 9.17) is 21.1 Å². The third kappa shape index (κ3) is 3.34. The fourth-order valence-corrected chi connectivity index (χ4v) is 2.94. The Morgan fingerprint density at radius 2 is 1.88 bits per heavy atom. The fraction of sp³-hybridized carbons (Fsp3) is 0.100. The van der Waals surface area contributed by atoms with Crippen LogP contribution in [-0.2, 0) is 6.54 Å². The minimum absolute atomic E-state index is 0.152. The number of aromatic nitrogens is 1. The minimum atomic E-state index is -0.152. The summed E-state index contributed by atoms with van der Waals surface area (Å²) in [7, 11) is 0. The summed E-state index contributed by atoms with van der Waals surface area (Å²) in [5.41, 5.74) is 3.07. The summed E-state index contributed by atoms with van der Waals surface area (Å²) in [6.07, 6.45) is 1.69. The van der Waals surface area contributed by atoms with E-state index in [9.17, 15) is 4.79 Å². The normalized spacial score (nSPS) is 12.0. The molecule has 130 valence electrons. The third-order valence-corrected chi connectivity index (χ3v) is 4.37. The predicted octanol–water partition coefficient (Wildman–Crippen LogP) is 4.06. The highest BCUT2D eigenvalue weighted by atomic mass is 35.5. The molecule has 5 nitrogen and oxygen atoms in total. The fourth-order valence-electron chi connectivity index (χ4n) is 2.71. The van der Waals surface area contributed by atoms with E-state index in [1.54, 1.807) is 30.5 Å². The third-order valence-electron chi connectivity index (χ3n) is 4.07. The SMILES string of the molecule is O=C(NCc1ccc2c(c1)OCO2)c1ccc(-c2ncccc2Cl)cc1. The van der Waals surface area contributed by atoms with Gasteiger partial charge in [0.15, 0.2) is 11.5 Å². The van der Waals surface area contributed by atoms with Crippen LogP contribution in [0, 0.1) is 0 Å². The van der Waals surface area contributed by atoms with Crippen LogP contribution in [0.1, 0.15) is 15.9 Å². The number of hydrogen-bond acceptors (Lipinski definition) is 4. The number of carbonyl (C=O) groups excluding carboxylic acids is 1. The maximum atomic E-state index is 12.4. The van der Waals surface area contributed by atoms with E-state index >= 15 is 0 Å². The van der Waals surface area contributed by atoms with Crippen molar-refractivity contribution >= 4 is 17.5 Å². The first-order valence-electron chi connectivity index (χ1n) is 8.08. The van der Waals surface area contributed by atoms with Crippen LogP contribution in [0.4, 0.5) is 0 Å². The zero-order valence-electron chi connectivity index (χ0n) is 13.7. The Bertz CT molecular complexity index is 958. The number of benzene rings is 2. The van der Waals surface area contributed by atoms with Crippen molar-refractivity contribution in [2.45, 2.75) is 6.54 Å². The van der Waals surface area contributed by atoms with E-state index in [0.717, 1.165) is 16.9 Å². The number of pyridine rings is 1. The molecular formula is C20H15ClN2O3. The van der Waals surface area contributed by atoms with Gasteiger partial charge in [0, 0.05) is 23.9 Å². The number of carbonyl (C=O) groups is 1. The molecule has 0 atom stereocenters. The number of rotatable bonds is 4. The van der Waals surface area contributed by atoms with E-state index < -0.39 is 0 Å². The summed E-state index contributed by atoms with van der Waals surface area (Å²) in [4.78, 5) is 16.6. The van der Waals surface area contributed by atoms with Crippen molar-refractivity contribution in [3.05, 3.63) is 76.9 Å². The molecule has 0 radical (unpaired) electrons. The average molecular weight is 367 g/mol. The lowest BCUT2D eigenvalue weighted by atomic mass is 10.1. The highest BCUT2D eigenvalue weighted by molar-refractivity contribution is 6.33. The number of ether oxygens (including phenoxy) is 2. The smallest absolute Gasteiger partial charge is 0.251 e. The Hall–Kier alpha value is -3.05. The largest absolute Gasteiger partial charge is 0.454 e. The molecular weight excluding hydrogens is 352 g/mol. The van der Waals surface area contributed by atoms with Gasteiger partial charge in [0.05, 0.1) is 10.7 Å². The molecule has 0 bridgehead atoms. The van der Waals surface area contributed by atoms with Crippen molar-refractivity contribution in [2.75, 3.05) is 6.79 Å². The molecule has 0 saturated carbocycles. The van der Waals surface area contributed by atoms with Gasteiger partial charge in [-0.3, -0.25) is 9.78 Å². The quantitative estimate of drug-likeness (QED) is 0.756. The molecule has 0 saturated heterocycles. The highest BCUT2D eigenvalue weighted by Gasteiger charge is 2.14. The lowest BCUT2D eigenvalue weighted by Gasteiger charge is -2.08. The molecule has 2 heterocycles. The zero-order chi connectivity index (χ0) is 17.9. The van der Waals surface area contributed by atoms with Gasteiger partial charge >= 0.3 is 0 Å². The number of halogens is 1. The topological polar surface area (TPSA) is 60.5 Å². The Kier molecular flexibility index (Phi) is 4.46. The Morgan fingerprint density at radius 3 is 2.69 bits per heavy atom. The van der Waals surface area contributed by atoms with E-state index in [0.29, 0.717) is 28.6 Å². The van der Waals surface area contributed by atoms with E-state index in [-0.39, 0.29) is 12.7 Å². The van der Waals surface area contributed by atoms with Crippen LogP contribution < -0.4 is 14.8 Å². The molecule has 1 aromatic heterocycles. The summed E-state index contributed by atoms with van der Waals surface area (Å²) in [6.45, 7) is 0.640. The van der Waals surface area contributed by atoms with Gasteiger partial charge in [-0.25, -0.2) is 0 Å². The van der Waals surface area contributed by atoms with Crippen LogP contribution in [0.15, 0.2) is 60.8 Å². The molecule has 1 aliphatic heterocycles. The molecule has 1 amide bonds. The van der Waals surface area contributed by atoms with Gasteiger partial charge in [-0.2, -0.15) is 0 Å². The lowest BCUT2D eigenvalue weighted by Crippen LogP contribution is -2.22.